The molecule has 5 rings (SSSR count). The molecule has 2 aliphatic rings. The van der Waals surface area contributed by atoms with E-state index in [1.54, 1.807) is 13.2 Å². The smallest absolute Gasteiger partial charge is 0.302 e. The van der Waals surface area contributed by atoms with Crippen molar-refractivity contribution >= 4 is 10.9 Å². The van der Waals surface area contributed by atoms with Crippen LogP contribution in [0, 0.1) is 0 Å². The third kappa shape index (κ3) is 3.37. The Morgan fingerprint density at radius 3 is 2.60 bits per heavy atom. The summed E-state index contributed by atoms with van der Waals surface area (Å²) in [5.41, 5.74) is 1.38. The maximum atomic E-state index is 13.5. The lowest BCUT2D eigenvalue weighted by molar-refractivity contribution is 0.226. The Balaban J connectivity index is 1.58. The van der Waals surface area contributed by atoms with Gasteiger partial charge in [0.2, 0.25) is 0 Å². The highest BCUT2D eigenvalue weighted by Gasteiger charge is 2.33. The van der Waals surface area contributed by atoms with E-state index in [1.165, 1.54) is 4.57 Å². The Hall–Kier alpha value is -2.80. The van der Waals surface area contributed by atoms with E-state index in [2.05, 4.69) is 9.88 Å². The highest BCUT2D eigenvalue weighted by atomic mass is 16.1. The summed E-state index contributed by atoms with van der Waals surface area (Å²) in [5, 5.41) is 0.700. The van der Waals surface area contributed by atoms with E-state index in [9.17, 15) is 9.59 Å². The van der Waals surface area contributed by atoms with Gasteiger partial charge in [0, 0.05) is 25.8 Å². The van der Waals surface area contributed by atoms with E-state index >= 15 is 0 Å². The molecule has 1 saturated heterocycles. The van der Waals surface area contributed by atoms with Gasteiger partial charge in [-0.1, -0.05) is 25.0 Å². The number of para-hydroxylation sites is 1. The first-order valence-corrected chi connectivity index (χ1v) is 10.9. The largest absolute Gasteiger partial charge is 0.347 e. The lowest BCUT2D eigenvalue weighted by Gasteiger charge is -2.28. The van der Waals surface area contributed by atoms with Gasteiger partial charge in [-0.3, -0.25) is 14.3 Å². The lowest BCUT2D eigenvalue weighted by Crippen LogP contribution is -2.34. The number of aromatic nitrogens is 4. The van der Waals surface area contributed by atoms with E-state index in [-0.39, 0.29) is 23.3 Å². The minimum Gasteiger partial charge on any atom is -0.302 e. The predicted molar refractivity (Wildman–Crippen MR) is 115 cm³/mol. The number of fused-ring (bicyclic) bond motifs is 1. The van der Waals surface area contributed by atoms with Gasteiger partial charge < -0.3 is 4.57 Å². The maximum Gasteiger partial charge on any atom is 0.347 e. The standard InChI is InChI=1S/C23H27N5O2/c1-26-14-12-16(24-23(26)30)15-27-13-6-11-20(27)21-25-19-10-5-4-9-18(19)22(29)28(21)17-7-2-3-8-17/h4-5,9-10,12,14,17,20H,2-3,6-8,11,13,15H2,1H3. The van der Waals surface area contributed by atoms with Crippen LogP contribution >= 0.6 is 0 Å². The van der Waals surface area contributed by atoms with Crippen LogP contribution in [0.25, 0.3) is 10.9 Å². The number of benzene rings is 1. The topological polar surface area (TPSA) is 73.0 Å². The molecule has 0 radical (unpaired) electrons. The zero-order valence-electron chi connectivity index (χ0n) is 17.3. The first kappa shape index (κ1) is 19.2. The van der Waals surface area contributed by atoms with Crippen LogP contribution < -0.4 is 11.2 Å². The summed E-state index contributed by atoms with van der Waals surface area (Å²) in [5.74, 6) is 0.881. The van der Waals surface area contributed by atoms with Gasteiger partial charge in [0.25, 0.3) is 5.56 Å². The number of aryl methyl sites for hydroxylation is 1. The molecule has 1 aliphatic heterocycles. The van der Waals surface area contributed by atoms with Crippen LogP contribution in [0.5, 0.6) is 0 Å². The van der Waals surface area contributed by atoms with Crippen LogP contribution in [0.1, 0.15) is 62.1 Å². The number of hydrogen-bond acceptors (Lipinski definition) is 5. The van der Waals surface area contributed by atoms with Gasteiger partial charge in [-0.2, -0.15) is 4.98 Å². The van der Waals surface area contributed by atoms with E-state index in [0.29, 0.717) is 11.9 Å². The Morgan fingerprint density at radius 1 is 1.00 bits per heavy atom. The Kier molecular flexibility index (Phi) is 4.98. The number of likely N-dealkylation sites (tertiary alicyclic amines) is 1. The van der Waals surface area contributed by atoms with Crippen LogP contribution in [0.15, 0.2) is 46.1 Å². The molecule has 1 atom stereocenters. The molecule has 3 aromatic rings. The molecule has 0 amide bonds. The Labute approximate surface area is 175 Å². The average Bonchev–Trinajstić information content (AvgIpc) is 3.43. The molecule has 1 saturated carbocycles. The summed E-state index contributed by atoms with van der Waals surface area (Å²) < 4.78 is 3.48. The van der Waals surface area contributed by atoms with E-state index < -0.39 is 0 Å². The van der Waals surface area contributed by atoms with Gasteiger partial charge in [-0.15, -0.1) is 0 Å². The molecule has 1 unspecified atom stereocenters. The van der Waals surface area contributed by atoms with Crippen molar-refractivity contribution in [1.82, 2.24) is 24.0 Å². The molecule has 3 heterocycles. The molecule has 7 nitrogen and oxygen atoms in total. The molecule has 30 heavy (non-hydrogen) atoms. The third-order valence-corrected chi connectivity index (χ3v) is 6.58. The monoisotopic (exact) mass is 405 g/mol. The second kappa shape index (κ2) is 7.80. The summed E-state index contributed by atoms with van der Waals surface area (Å²) in [6.07, 6.45) is 8.17. The summed E-state index contributed by atoms with van der Waals surface area (Å²) in [7, 11) is 1.71. The first-order chi connectivity index (χ1) is 14.6. The van der Waals surface area contributed by atoms with Crippen molar-refractivity contribution in [3.63, 3.8) is 0 Å². The minimum absolute atomic E-state index is 0.0637. The quantitative estimate of drug-likeness (QED) is 0.667. The molecule has 0 bridgehead atoms. The maximum absolute atomic E-state index is 13.5. The Morgan fingerprint density at radius 2 is 1.80 bits per heavy atom. The van der Waals surface area contributed by atoms with E-state index in [4.69, 9.17) is 4.98 Å². The van der Waals surface area contributed by atoms with Crippen molar-refractivity contribution in [1.29, 1.82) is 0 Å². The second-order valence-corrected chi connectivity index (χ2v) is 8.54. The van der Waals surface area contributed by atoms with Crippen molar-refractivity contribution in [3.8, 4) is 0 Å². The van der Waals surface area contributed by atoms with Crippen molar-refractivity contribution in [2.75, 3.05) is 6.54 Å². The van der Waals surface area contributed by atoms with Gasteiger partial charge in [0.05, 0.1) is 22.6 Å². The molecule has 1 aromatic carbocycles. The highest BCUT2D eigenvalue weighted by Crippen LogP contribution is 2.36. The summed E-state index contributed by atoms with van der Waals surface area (Å²) in [4.78, 5) is 37.0. The second-order valence-electron chi connectivity index (χ2n) is 8.54. The van der Waals surface area contributed by atoms with Gasteiger partial charge in [0.1, 0.15) is 5.82 Å². The fourth-order valence-electron chi connectivity index (χ4n) is 5.02. The van der Waals surface area contributed by atoms with Crippen LogP contribution in [-0.4, -0.2) is 30.5 Å². The molecule has 0 N–H and O–H groups in total. The van der Waals surface area contributed by atoms with Crippen LogP contribution in [0.4, 0.5) is 0 Å². The highest BCUT2D eigenvalue weighted by molar-refractivity contribution is 5.77. The lowest BCUT2D eigenvalue weighted by atomic mass is 10.1. The zero-order valence-corrected chi connectivity index (χ0v) is 17.3. The van der Waals surface area contributed by atoms with E-state index in [1.807, 2.05) is 34.9 Å². The third-order valence-electron chi connectivity index (χ3n) is 6.58. The Bertz CT molecular complexity index is 1190. The van der Waals surface area contributed by atoms with Gasteiger partial charge in [-0.25, -0.2) is 9.78 Å². The molecular weight excluding hydrogens is 378 g/mol. The van der Waals surface area contributed by atoms with Crippen molar-refractivity contribution in [3.05, 3.63) is 68.9 Å². The fourth-order valence-corrected chi connectivity index (χ4v) is 5.02. The molecule has 2 aromatic heterocycles. The number of nitrogens with zero attached hydrogens (tertiary/aromatic N) is 5. The average molecular weight is 406 g/mol. The molecular formula is C23H27N5O2. The van der Waals surface area contributed by atoms with Crippen LogP contribution in [-0.2, 0) is 13.6 Å². The summed E-state index contributed by atoms with van der Waals surface area (Å²) >= 11 is 0. The van der Waals surface area contributed by atoms with Gasteiger partial charge in [0.15, 0.2) is 0 Å². The zero-order chi connectivity index (χ0) is 20.7. The number of hydrogen-bond donors (Lipinski definition) is 0. The predicted octanol–water partition coefficient (Wildman–Crippen LogP) is 2.94. The SMILES string of the molecule is Cn1ccc(CN2CCCC2c2nc3ccccc3c(=O)n2C2CCCC2)nc1=O. The van der Waals surface area contributed by atoms with Crippen LogP contribution in [0.3, 0.4) is 0 Å². The molecule has 7 heteroatoms. The summed E-state index contributed by atoms with van der Waals surface area (Å²) in [6, 6.07) is 9.86. The minimum atomic E-state index is -0.241. The first-order valence-electron chi connectivity index (χ1n) is 10.9. The van der Waals surface area contributed by atoms with Gasteiger partial charge >= 0.3 is 5.69 Å². The van der Waals surface area contributed by atoms with Crippen molar-refractivity contribution in [2.45, 2.75) is 57.2 Å². The normalized spacial score (nSPS) is 20.4. The van der Waals surface area contributed by atoms with Gasteiger partial charge in [-0.05, 0) is 50.4 Å². The summed E-state index contributed by atoms with van der Waals surface area (Å²) in [6.45, 7) is 1.50. The molecule has 156 valence electrons. The number of rotatable bonds is 4. The van der Waals surface area contributed by atoms with Crippen LogP contribution in [0.2, 0.25) is 0 Å². The molecule has 0 spiro atoms. The molecule has 2 fully saturated rings. The fraction of sp³-hybridized carbons (Fsp3) is 0.478. The van der Waals surface area contributed by atoms with E-state index in [0.717, 1.165) is 62.1 Å². The van der Waals surface area contributed by atoms with Crippen molar-refractivity contribution < 1.29 is 0 Å². The molecule has 1 aliphatic carbocycles. The van der Waals surface area contributed by atoms with Crippen molar-refractivity contribution in [2.24, 2.45) is 7.05 Å².